The minimum absolute atomic E-state index is 0.249. The van der Waals surface area contributed by atoms with Crippen molar-refractivity contribution in [2.24, 2.45) is 0 Å². The van der Waals surface area contributed by atoms with Gasteiger partial charge in [-0.15, -0.1) is 0 Å². The van der Waals surface area contributed by atoms with E-state index in [1.54, 1.807) is 24.5 Å². The van der Waals surface area contributed by atoms with E-state index in [4.69, 9.17) is 0 Å². The van der Waals surface area contributed by atoms with Crippen LogP contribution in [0.2, 0.25) is 0 Å². The first-order valence-corrected chi connectivity index (χ1v) is 8.95. The lowest BCUT2D eigenvalue weighted by Gasteiger charge is -2.19. The number of anilines is 1. The van der Waals surface area contributed by atoms with Gasteiger partial charge in [0, 0.05) is 19.3 Å². The van der Waals surface area contributed by atoms with Crippen LogP contribution in [0.5, 0.6) is 0 Å². The molecule has 0 aliphatic rings. The maximum absolute atomic E-state index is 11.3. The van der Waals surface area contributed by atoms with Crippen molar-refractivity contribution in [2.75, 3.05) is 11.9 Å². The molecule has 6 heteroatoms. The lowest BCUT2D eigenvalue weighted by Crippen LogP contribution is -2.18. The van der Waals surface area contributed by atoms with Crippen molar-refractivity contribution in [1.29, 1.82) is 0 Å². The van der Waals surface area contributed by atoms with E-state index < -0.39 is 5.97 Å². The van der Waals surface area contributed by atoms with E-state index in [2.05, 4.69) is 51.0 Å². The molecule has 2 aromatic heterocycles. The van der Waals surface area contributed by atoms with E-state index in [1.165, 1.54) is 11.1 Å². The van der Waals surface area contributed by atoms with Crippen LogP contribution in [0.3, 0.4) is 0 Å². The third kappa shape index (κ3) is 3.44. The number of carboxylic acid groups (broad SMARTS) is 1. The number of rotatable bonds is 5. The summed E-state index contributed by atoms with van der Waals surface area (Å²) in [7, 11) is 2.00. The van der Waals surface area contributed by atoms with Gasteiger partial charge in [0.25, 0.3) is 0 Å². The first-order chi connectivity index (χ1) is 13.5. The van der Waals surface area contributed by atoms with Crippen LogP contribution in [0.15, 0.2) is 60.9 Å². The average Bonchev–Trinajstić information content (AvgIpc) is 3.12. The molecule has 0 saturated heterocycles. The summed E-state index contributed by atoms with van der Waals surface area (Å²) in [6.07, 6.45) is 1.54. The smallest absolute Gasteiger partial charge is 0.335 e. The maximum Gasteiger partial charge on any atom is 0.335 e. The molecule has 28 heavy (non-hydrogen) atoms. The highest BCUT2D eigenvalue weighted by atomic mass is 16.4. The molecule has 0 unspecified atom stereocenters. The number of nitrogens with one attached hydrogen (secondary N) is 1. The highest BCUT2D eigenvalue weighted by Gasteiger charge is 2.14. The Kier molecular flexibility index (Phi) is 4.53. The quantitative estimate of drug-likeness (QED) is 0.547. The second-order valence-electron chi connectivity index (χ2n) is 6.87. The van der Waals surface area contributed by atoms with Crippen molar-refractivity contribution in [3.8, 4) is 11.3 Å². The molecule has 4 aromatic rings. The third-order valence-corrected chi connectivity index (χ3v) is 4.69. The molecule has 0 radical (unpaired) electrons. The van der Waals surface area contributed by atoms with Crippen LogP contribution in [0.1, 0.15) is 21.5 Å². The van der Waals surface area contributed by atoms with Gasteiger partial charge in [0.2, 0.25) is 0 Å². The Labute approximate surface area is 162 Å². The summed E-state index contributed by atoms with van der Waals surface area (Å²) < 4.78 is 0. The molecular formula is C22H20N4O2. The molecule has 4 rings (SSSR count). The van der Waals surface area contributed by atoms with E-state index >= 15 is 0 Å². The minimum atomic E-state index is -0.948. The summed E-state index contributed by atoms with van der Waals surface area (Å²) in [6.45, 7) is 2.80. The number of benzene rings is 2. The lowest BCUT2D eigenvalue weighted by atomic mass is 10.1. The normalized spacial score (nSPS) is 10.9. The molecule has 2 aromatic carbocycles. The van der Waals surface area contributed by atoms with E-state index in [-0.39, 0.29) is 5.56 Å². The predicted octanol–water partition coefficient (Wildman–Crippen LogP) is 4.27. The van der Waals surface area contributed by atoms with E-state index in [0.717, 1.165) is 34.7 Å². The highest BCUT2D eigenvalue weighted by molar-refractivity contribution is 5.93. The molecule has 0 amide bonds. The van der Waals surface area contributed by atoms with Gasteiger partial charge in [0.1, 0.15) is 17.8 Å². The number of hydrogen-bond acceptors (Lipinski definition) is 4. The number of carboxylic acids is 1. The number of carbonyl (C=O) groups is 1. The van der Waals surface area contributed by atoms with Gasteiger partial charge in [-0.2, -0.15) is 0 Å². The van der Waals surface area contributed by atoms with Crippen molar-refractivity contribution >= 4 is 22.8 Å². The fourth-order valence-corrected chi connectivity index (χ4v) is 3.37. The first kappa shape index (κ1) is 17.7. The summed E-state index contributed by atoms with van der Waals surface area (Å²) in [5.74, 6) is -0.125. The Bertz CT molecular complexity index is 1170. The molecule has 0 atom stereocenters. The van der Waals surface area contributed by atoms with Crippen LogP contribution in [0, 0.1) is 6.92 Å². The molecular weight excluding hydrogens is 352 g/mol. The molecule has 140 valence electrons. The van der Waals surface area contributed by atoms with E-state index in [9.17, 15) is 9.90 Å². The zero-order valence-corrected chi connectivity index (χ0v) is 15.7. The van der Waals surface area contributed by atoms with Crippen LogP contribution < -0.4 is 4.90 Å². The van der Waals surface area contributed by atoms with Crippen molar-refractivity contribution in [1.82, 2.24) is 15.0 Å². The summed E-state index contributed by atoms with van der Waals surface area (Å²) in [4.78, 5) is 25.4. The Balaban J connectivity index is 1.71. The van der Waals surface area contributed by atoms with E-state index in [0.29, 0.717) is 0 Å². The largest absolute Gasteiger partial charge is 0.478 e. The Morgan fingerprint density at radius 1 is 1.11 bits per heavy atom. The number of nitrogens with zero attached hydrogens (tertiary/aromatic N) is 3. The molecule has 0 spiro atoms. The number of aromatic nitrogens is 3. The van der Waals surface area contributed by atoms with Crippen molar-refractivity contribution in [3.05, 3.63) is 77.6 Å². The van der Waals surface area contributed by atoms with Gasteiger partial charge in [-0.25, -0.2) is 14.8 Å². The summed E-state index contributed by atoms with van der Waals surface area (Å²) >= 11 is 0. The Morgan fingerprint density at radius 2 is 1.93 bits per heavy atom. The molecule has 0 fully saturated rings. The standard InChI is InChI=1S/C22H20N4O2/c1-14-5-3-6-15(9-14)12-26(2)21-18-11-19(25-20(18)23-13-24-21)16-7-4-8-17(10-16)22(27)28/h3-11,13H,12H2,1-2H3,(H,27,28)(H,23,24,25). The molecule has 2 N–H and O–H groups in total. The Hall–Kier alpha value is -3.67. The number of hydrogen-bond donors (Lipinski definition) is 2. The van der Waals surface area contributed by atoms with Gasteiger partial charge >= 0.3 is 5.97 Å². The zero-order valence-electron chi connectivity index (χ0n) is 15.7. The van der Waals surface area contributed by atoms with Gasteiger partial charge in [0.15, 0.2) is 0 Å². The van der Waals surface area contributed by atoms with Crippen LogP contribution in [-0.2, 0) is 6.54 Å². The fourth-order valence-electron chi connectivity index (χ4n) is 3.37. The van der Waals surface area contributed by atoms with E-state index in [1.807, 2.05) is 19.2 Å². The summed E-state index contributed by atoms with van der Waals surface area (Å²) in [6, 6.07) is 17.2. The van der Waals surface area contributed by atoms with Gasteiger partial charge in [0.05, 0.1) is 10.9 Å². The summed E-state index contributed by atoms with van der Waals surface area (Å²) in [5, 5.41) is 10.1. The lowest BCUT2D eigenvalue weighted by molar-refractivity contribution is 0.0697. The SMILES string of the molecule is Cc1cccc(CN(C)c2ncnc3[nH]c(-c4cccc(C(=O)O)c4)cc23)c1. The molecule has 0 bridgehead atoms. The van der Waals surface area contributed by atoms with Crippen LogP contribution in [0.25, 0.3) is 22.3 Å². The second-order valence-corrected chi connectivity index (χ2v) is 6.87. The molecule has 0 saturated carbocycles. The predicted molar refractivity (Wildman–Crippen MR) is 110 cm³/mol. The maximum atomic E-state index is 11.3. The number of fused-ring (bicyclic) bond motifs is 1. The molecule has 0 aliphatic carbocycles. The van der Waals surface area contributed by atoms with Gasteiger partial charge < -0.3 is 15.0 Å². The van der Waals surface area contributed by atoms with Crippen molar-refractivity contribution in [2.45, 2.75) is 13.5 Å². The average molecular weight is 372 g/mol. The fraction of sp³-hybridized carbons (Fsp3) is 0.136. The monoisotopic (exact) mass is 372 g/mol. The molecule has 2 heterocycles. The number of H-pyrrole nitrogens is 1. The third-order valence-electron chi connectivity index (χ3n) is 4.69. The number of aryl methyl sites for hydroxylation is 1. The van der Waals surface area contributed by atoms with Crippen LogP contribution >= 0.6 is 0 Å². The molecule has 0 aliphatic heterocycles. The number of aromatic amines is 1. The van der Waals surface area contributed by atoms with Crippen molar-refractivity contribution < 1.29 is 9.90 Å². The minimum Gasteiger partial charge on any atom is -0.478 e. The number of aromatic carboxylic acids is 1. The van der Waals surface area contributed by atoms with Gasteiger partial charge in [-0.05, 0) is 36.2 Å². The van der Waals surface area contributed by atoms with Crippen molar-refractivity contribution in [3.63, 3.8) is 0 Å². The summed E-state index contributed by atoms with van der Waals surface area (Å²) in [5.41, 5.74) is 5.00. The van der Waals surface area contributed by atoms with Crippen LogP contribution in [0.4, 0.5) is 5.82 Å². The van der Waals surface area contributed by atoms with Gasteiger partial charge in [-0.3, -0.25) is 0 Å². The topological polar surface area (TPSA) is 82.1 Å². The second kappa shape index (κ2) is 7.15. The Morgan fingerprint density at radius 3 is 2.71 bits per heavy atom. The van der Waals surface area contributed by atoms with Crippen LogP contribution in [-0.4, -0.2) is 33.1 Å². The first-order valence-electron chi connectivity index (χ1n) is 8.95. The highest BCUT2D eigenvalue weighted by Crippen LogP contribution is 2.29. The molecule has 6 nitrogen and oxygen atoms in total. The zero-order chi connectivity index (χ0) is 19.7. The van der Waals surface area contributed by atoms with Gasteiger partial charge in [-0.1, -0.05) is 42.0 Å².